The van der Waals surface area contributed by atoms with Gasteiger partial charge in [-0.05, 0) is 49.8 Å². The molecule has 0 spiro atoms. The van der Waals surface area contributed by atoms with Crippen LogP contribution in [0.4, 0.5) is 0 Å². The molecule has 10 nitrogen and oxygen atoms in total. The Hall–Kier alpha value is -3.54. The Morgan fingerprint density at radius 3 is 2.63 bits per heavy atom. The predicted molar refractivity (Wildman–Crippen MR) is 149 cm³/mol. The summed E-state index contributed by atoms with van der Waals surface area (Å²) in [5.41, 5.74) is 18.9. The van der Waals surface area contributed by atoms with Crippen molar-refractivity contribution in [1.82, 2.24) is 15.2 Å². The second kappa shape index (κ2) is 12.8. The molecule has 0 unspecified atom stereocenters. The van der Waals surface area contributed by atoms with Gasteiger partial charge in [0.1, 0.15) is 17.2 Å². The zero-order chi connectivity index (χ0) is 27.1. The van der Waals surface area contributed by atoms with Crippen LogP contribution < -0.4 is 22.5 Å². The fraction of sp³-hybridized carbons (Fsp3) is 0.407. The lowest BCUT2D eigenvalue weighted by Gasteiger charge is -2.29. The van der Waals surface area contributed by atoms with Gasteiger partial charge in [-0.3, -0.25) is 14.6 Å². The summed E-state index contributed by atoms with van der Waals surface area (Å²) in [7, 11) is 0. The number of aliphatic hydroxyl groups excluding tert-OH is 1. The van der Waals surface area contributed by atoms with Gasteiger partial charge in [-0.15, -0.1) is 11.3 Å². The number of aromatic nitrogens is 1. The van der Waals surface area contributed by atoms with Gasteiger partial charge in [0, 0.05) is 13.1 Å². The molecule has 0 radical (unpaired) electrons. The average molecular weight is 538 g/mol. The van der Waals surface area contributed by atoms with Gasteiger partial charge in [0.2, 0.25) is 11.8 Å². The van der Waals surface area contributed by atoms with Crippen LogP contribution in [0.15, 0.2) is 59.6 Å². The molecule has 38 heavy (non-hydrogen) atoms. The van der Waals surface area contributed by atoms with E-state index in [0.29, 0.717) is 50.2 Å². The van der Waals surface area contributed by atoms with Crippen molar-refractivity contribution in [3.63, 3.8) is 0 Å². The van der Waals surface area contributed by atoms with Gasteiger partial charge in [-0.25, -0.2) is 4.98 Å². The number of amides is 2. The summed E-state index contributed by atoms with van der Waals surface area (Å²) < 4.78 is 0.951. The molecule has 2 amide bonds. The number of rotatable bonds is 11. The van der Waals surface area contributed by atoms with Crippen LogP contribution in [0.5, 0.6) is 0 Å². The molecule has 1 aliphatic heterocycles. The van der Waals surface area contributed by atoms with Crippen LogP contribution in [0.2, 0.25) is 0 Å². The van der Waals surface area contributed by atoms with Gasteiger partial charge < -0.3 is 32.5 Å². The zero-order valence-corrected chi connectivity index (χ0v) is 22.0. The number of hydrogen-bond acceptors (Lipinski definition) is 7. The fourth-order valence-electron chi connectivity index (χ4n) is 4.77. The number of guanidine groups is 1. The van der Waals surface area contributed by atoms with Crippen LogP contribution >= 0.6 is 11.3 Å². The standard InChI is InChI=1S/C27H35N7O3S/c28-18(16-17-8-2-1-3-9-17)26(37)34-15-7-12-21(34)24(36)32-20(11-6-14-31-27(29)30)23(35)25-33-19-10-4-5-13-22(19)38-25/h1-5,8-10,13,18,20-21,23,35H,6-7,11-12,14-16,28H2,(H,32,36)(H4,29,30,31)/t18-,20+,21+,23+/m1/s1. The Balaban J connectivity index is 1.46. The highest BCUT2D eigenvalue weighted by Crippen LogP contribution is 2.30. The van der Waals surface area contributed by atoms with Crippen molar-refractivity contribution in [3.05, 3.63) is 65.2 Å². The van der Waals surface area contributed by atoms with Crippen LogP contribution in [0.25, 0.3) is 10.2 Å². The summed E-state index contributed by atoms with van der Waals surface area (Å²) in [5, 5.41) is 14.8. The minimum absolute atomic E-state index is 0.00995. The molecule has 1 saturated heterocycles. The van der Waals surface area contributed by atoms with Gasteiger partial charge in [-0.1, -0.05) is 42.5 Å². The number of nitrogens with two attached hydrogens (primary N) is 3. The SMILES string of the molecule is NC(N)=NCCC[C@H](NC(=O)[C@@H]1CCCN1C(=O)[C@H](N)Cc1ccccc1)[C@H](O)c1nc2ccccc2s1. The number of carbonyl (C=O) groups excluding carboxylic acids is 2. The summed E-state index contributed by atoms with van der Waals surface area (Å²) in [6.07, 6.45) is 1.58. The number of aliphatic imine (C=N–C) groups is 1. The van der Waals surface area contributed by atoms with E-state index in [9.17, 15) is 14.7 Å². The van der Waals surface area contributed by atoms with Crippen molar-refractivity contribution < 1.29 is 14.7 Å². The number of fused-ring (bicyclic) bond motifs is 1. The number of nitrogens with zero attached hydrogens (tertiary/aromatic N) is 3. The monoisotopic (exact) mass is 537 g/mol. The van der Waals surface area contributed by atoms with E-state index in [1.165, 1.54) is 11.3 Å². The first-order valence-corrected chi connectivity index (χ1v) is 13.6. The molecule has 3 aromatic rings. The normalized spacial score (nSPS) is 17.6. The van der Waals surface area contributed by atoms with Gasteiger partial charge in [0.15, 0.2) is 5.96 Å². The first kappa shape index (κ1) is 27.5. The molecule has 0 aliphatic carbocycles. The third kappa shape index (κ3) is 6.85. The van der Waals surface area contributed by atoms with E-state index in [0.717, 1.165) is 15.8 Å². The van der Waals surface area contributed by atoms with Crippen molar-refractivity contribution in [2.24, 2.45) is 22.2 Å². The van der Waals surface area contributed by atoms with E-state index < -0.39 is 24.2 Å². The largest absolute Gasteiger partial charge is 0.384 e. The molecule has 1 fully saturated rings. The highest BCUT2D eigenvalue weighted by atomic mass is 32.1. The second-order valence-corrected chi connectivity index (χ2v) is 10.6. The summed E-state index contributed by atoms with van der Waals surface area (Å²) in [5.74, 6) is -0.568. The maximum atomic E-state index is 13.5. The Morgan fingerprint density at radius 1 is 1.16 bits per heavy atom. The molecule has 0 saturated carbocycles. The van der Waals surface area contributed by atoms with E-state index in [-0.39, 0.29) is 17.8 Å². The van der Waals surface area contributed by atoms with Gasteiger partial charge in [-0.2, -0.15) is 0 Å². The van der Waals surface area contributed by atoms with E-state index in [1.54, 1.807) is 4.90 Å². The topological polar surface area (TPSA) is 173 Å². The third-order valence-electron chi connectivity index (χ3n) is 6.69. The second-order valence-electron chi connectivity index (χ2n) is 9.51. The fourth-order valence-corrected chi connectivity index (χ4v) is 5.79. The number of nitrogens with one attached hydrogen (secondary N) is 1. The molecule has 1 aliphatic rings. The van der Waals surface area contributed by atoms with Crippen LogP contribution in [0.3, 0.4) is 0 Å². The number of likely N-dealkylation sites (tertiary alicyclic amines) is 1. The number of aliphatic hydroxyl groups is 1. The van der Waals surface area contributed by atoms with Crippen LogP contribution in [0.1, 0.15) is 42.4 Å². The molecule has 4 rings (SSSR count). The highest BCUT2D eigenvalue weighted by Gasteiger charge is 2.38. The molecular formula is C27H35N7O3S. The first-order valence-electron chi connectivity index (χ1n) is 12.8. The average Bonchev–Trinajstić information content (AvgIpc) is 3.57. The first-order chi connectivity index (χ1) is 18.3. The number of carbonyl (C=O) groups is 2. The minimum Gasteiger partial charge on any atom is -0.384 e. The van der Waals surface area contributed by atoms with E-state index in [1.807, 2.05) is 54.6 Å². The molecule has 1 aromatic heterocycles. The summed E-state index contributed by atoms with van der Waals surface area (Å²) in [4.78, 5) is 36.8. The van der Waals surface area contributed by atoms with E-state index in [2.05, 4.69) is 15.3 Å². The van der Waals surface area contributed by atoms with Crippen molar-refractivity contribution in [2.45, 2.75) is 56.3 Å². The number of thiazole rings is 1. The Kier molecular flexibility index (Phi) is 9.27. The van der Waals surface area contributed by atoms with Crippen LogP contribution in [0, 0.1) is 0 Å². The van der Waals surface area contributed by atoms with Crippen molar-refractivity contribution in [1.29, 1.82) is 0 Å². The lowest BCUT2D eigenvalue weighted by Crippen LogP contribution is -2.53. The molecule has 11 heteroatoms. The maximum absolute atomic E-state index is 13.5. The predicted octanol–water partition coefficient (Wildman–Crippen LogP) is 1.43. The van der Waals surface area contributed by atoms with Crippen molar-refractivity contribution >= 4 is 39.3 Å². The van der Waals surface area contributed by atoms with Crippen LogP contribution in [-0.4, -0.2) is 64.0 Å². The molecule has 202 valence electrons. The Morgan fingerprint density at radius 2 is 1.89 bits per heavy atom. The van der Waals surface area contributed by atoms with Gasteiger partial charge in [0.05, 0.1) is 22.3 Å². The molecule has 0 bridgehead atoms. The van der Waals surface area contributed by atoms with Crippen molar-refractivity contribution in [3.8, 4) is 0 Å². The third-order valence-corrected chi connectivity index (χ3v) is 7.80. The smallest absolute Gasteiger partial charge is 0.243 e. The molecule has 8 N–H and O–H groups in total. The summed E-state index contributed by atoms with van der Waals surface area (Å²) >= 11 is 1.39. The lowest BCUT2D eigenvalue weighted by atomic mass is 10.0. The summed E-state index contributed by atoms with van der Waals surface area (Å²) in [6.45, 7) is 0.832. The number of hydrogen-bond donors (Lipinski definition) is 5. The number of para-hydroxylation sites is 1. The zero-order valence-electron chi connectivity index (χ0n) is 21.2. The maximum Gasteiger partial charge on any atom is 0.243 e. The van der Waals surface area contributed by atoms with E-state index in [4.69, 9.17) is 17.2 Å². The highest BCUT2D eigenvalue weighted by molar-refractivity contribution is 7.18. The minimum atomic E-state index is -1.03. The van der Waals surface area contributed by atoms with Crippen LogP contribution in [-0.2, 0) is 16.0 Å². The Labute approximate surface area is 225 Å². The Bertz CT molecular complexity index is 1230. The molecule has 2 heterocycles. The lowest BCUT2D eigenvalue weighted by molar-refractivity contribution is -0.140. The molecule has 2 aromatic carbocycles. The quantitative estimate of drug-likeness (QED) is 0.140. The summed E-state index contributed by atoms with van der Waals surface area (Å²) in [6, 6.07) is 15.2. The van der Waals surface area contributed by atoms with Crippen molar-refractivity contribution in [2.75, 3.05) is 13.1 Å². The van der Waals surface area contributed by atoms with Gasteiger partial charge in [0.25, 0.3) is 0 Å². The number of benzene rings is 2. The van der Waals surface area contributed by atoms with E-state index >= 15 is 0 Å². The molecule has 4 atom stereocenters. The van der Waals surface area contributed by atoms with Gasteiger partial charge >= 0.3 is 0 Å². The molecular weight excluding hydrogens is 502 g/mol.